The molecule has 0 aromatic heterocycles. The summed E-state index contributed by atoms with van der Waals surface area (Å²) in [6.45, 7) is 18.9. The second-order valence-corrected chi connectivity index (χ2v) is 15.8. The summed E-state index contributed by atoms with van der Waals surface area (Å²) in [7, 11) is 0. The summed E-state index contributed by atoms with van der Waals surface area (Å²) in [4.78, 5) is 49.6. The Labute approximate surface area is 364 Å². The van der Waals surface area contributed by atoms with E-state index in [4.69, 9.17) is 15.2 Å². The maximum Gasteiger partial charge on any atom is 0.308 e. The summed E-state index contributed by atoms with van der Waals surface area (Å²) >= 11 is 0. The molecule has 10 nitrogen and oxygen atoms in total. The first kappa shape index (κ1) is 60.5. The minimum absolute atomic E-state index is 0.0159. The maximum absolute atomic E-state index is 12.8. The Morgan fingerprint density at radius 1 is 0.492 bits per heavy atom. The fourth-order valence-electron chi connectivity index (χ4n) is 6.63. The molecule has 0 bridgehead atoms. The molecule has 0 rings (SSSR count). The van der Waals surface area contributed by atoms with E-state index in [9.17, 15) is 19.2 Å². The molecule has 2 amide bonds. The number of carbonyl (C=O) groups is 4. The SMILES string of the molecule is C/C=C(/N)NCC.CC.CCCCCCCCC(CCCCCC)C(=O)OCCCCCCCCNC(=O)CNC(=O)CCCOC(=O)C(CCCC)CCCCCC. The second kappa shape index (κ2) is 49.6. The average molecular weight is 839 g/mol. The van der Waals surface area contributed by atoms with E-state index in [0.29, 0.717) is 19.6 Å². The van der Waals surface area contributed by atoms with Crippen LogP contribution in [0.25, 0.3) is 0 Å². The highest BCUT2D eigenvalue weighted by atomic mass is 16.5. The average Bonchev–Trinajstić information content (AvgIpc) is 3.24. The van der Waals surface area contributed by atoms with Crippen LogP contribution in [-0.4, -0.2) is 56.6 Å². The Balaban J connectivity index is -0.00000312. The van der Waals surface area contributed by atoms with Gasteiger partial charge in [-0.05, 0) is 64.9 Å². The van der Waals surface area contributed by atoms with Crippen molar-refractivity contribution in [3.05, 3.63) is 11.9 Å². The van der Waals surface area contributed by atoms with E-state index in [-0.39, 0.29) is 55.2 Å². The number of esters is 2. The number of ether oxygens (including phenoxy) is 2. The third kappa shape index (κ3) is 44.6. The Bertz CT molecular complexity index is 976. The molecule has 5 N–H and O–H groups in total. The second-order valence-electron chi connectivity index (χ2n) is 15.8. The molecule has 59 heavy (non-hydrogen) atoms. The van der Waals surface area contributed by atoms with Crippen LogP contribution in [0.15, 0.2) is 11.9 Å². The Morgan fingerprint density at radius 3 is 1.36 bits per heavy atom. The Kier molecular flexibility index (Phi) is 50.9. The highest BCUT2D eigenvalue weighted by Gasteiger charge is 2.20. The molecule has 0 radical (unpaired) electrons. The largest absolute Gasteiger partial charge is 0.465 e. The van der Waals surface area contributed by atoms with Gasteiger partial charge >= 0.3 is 11.9 Å². The van der Waals surface area contributed by atoms with E-state index in [0.717, 1.165) is 115 Å². The van der Waals surface area contributed by atoms with Crippen molar-refractivity contribution in [3.63, 3.8) is 0 Å². The molecule has 0 saturated heterocycles. The van der Waals surface area contributed by atoms with Crippen molar-refractivity contribution in [2.24, 2.45) is 17.6 Å². The van der Waals surface area contributed by atoms with E-state index >= 15 is 0 Å². The summed E-state index contributed by atoms with van der Waals surface area (Å²) in [6.07, 6.45) is 31.2. The lowest BCUT2D eigenvalue weighted by atomic mass is 9.94. The number of unbranched alkanes of at least 4 members (excludes halogenated alkanes) is 17. The van der Waals surface area contributed by atoms with Crippen molar-refractivity contribution in [2.75, 3.05) is 32.8 Å². The minimum atomic E-state index is -0.204. The van der Waals surface area contributed by atoms with Crippen LogP contribution < -0.4 is 21.7 Å². The van der Waals surface area contributed by atoms with Crippen molar-refractivity contribution in [1.82, 2.24) is 16.0 Å². The van der Waals surface area contributed by atoms with Crippen molar-refractivity contribution < 1.29 is 28.7 Å². The molecule has 0 aliphatic heterocycles. The van der Waals surface area contributed by atoms with Crippen LogP contribution >= 0.6 is 0 Å². The van der Waals surface area contributed by atoms with Gasteiger partial charge in [0.2, 0.25) is 11.8 Å². The van der Waals surface area contributed by atoms with E-state index in [1.807, 2.05) is 33.8 Å². The molecule has 2 atom stereocenters. The monoisotopic (exact) mass is 839 g/mol. The van der Waals surface area contributed by atoms with Gasteiger partial charge in [-0.2, -0.15) is 0 Å². The summed E-state index contributed by atoms with van der Waals surface area (Å²) in [6, 6.07) is 0. The van der Waals surface area contributed by atoms with Gasteiger partial charge in [0.05, 0.1) is 37.4 Å². The van der Waals surface area contributed by atoms with Gasteiger partial charge in [0.15, 0.2) is 0 Å². The number of amides is 2. The highest BCUT2D eigenvalue weighted by molar-refractivity contribution is 5.84. The van der Waals surface area contributed by atoms with Crippen molar-refractivity contribution in [3.8, 4) is 0 Å². The first-order chi connectivity index (χ1) is 28.7. The smallest absolute Gasteiger partial charge is 0.308 e. The van der Waals surface area contributed by atoms with Crippen molar-refractivity contribution in [1.29, 1.82) is 0 Å². The molecular weight excluding hydrogens is 741 g/mol. The molecule has 0 aromatic carbocycles. The summed E-state index contributed by atoms with van der Waals surface area (Å²) in [5.74, 6) is 0.271. The number of rotatable bonds is 39. The van der Waals surface area contributed by atoms with E-state index in [1.54, 1.807) is 0 Å². The quantitative estimate of drug-likeness (QED) is 0.0353. The lowest BCUT2D eigenvalue weighted by Crippen LogP contribution is -2.37. The van der Waals surface area contributed by atoms with Crippen molar-refractivity contribution in [2.45, 2.75) is 235 Å². The van der Waals surface area contributed by atoms with Crippen molar-refractivity contribution >= 4 is 23.8 Å². The highest BCUT2D eigenvalue weighted by Crippen LogP contribution is 2.21. The van der Waals surface area contributed by atoms with Gasteiger partial charge in [-0.3, -0.25) is 19.2 Å². The zero-order valence-electron chi connectivity index (χ0n) is 40.1. The van der Waals surface area contributed by atoms with Gasteiger partial charge in [-0.15, -0.1) is 0 Å². The number of allylic oxidation sites excluding steroid dienone is 1. The van der Waals surface area contributed by atoms with Crippen LogP contribution in [-0.2, 0) is 28.7 Å². The standard InChI is InChI=1S/C42H80N2O6.C5H12N2.C2H6/c1-5-9-13-16-19-24-31-38(30-23-15-11-7-3)42(48)49-34-26-21-18-17-20-25-33-43-40(46)36-44-39(45)32-27-35-50-41(47)37(28-12-8-4)29-22-14-10-6-2;1-3-5(6)7-4-2;1-2/h37-38H,5-36H2,1-4H3,(H,43,46)(H,44,45);3,7H,4,6H2,1-2H3;1-2H3/b;5-3-;. The minimum Gasteiger partial charge on any atom is -0.465 e. The van der Waals surface area contributed by atoms with Gasteiger partial charge in [0.25, 0.3) is 0 Å². The first-order valence-electron chi connectivity index (χ1n) is 24.7. The molecule has 0 saturated carbocycles. The van der Waals surface area contributed by atoms with Crippen LogP contribution in [0, 0.1) is 11.8 Å². The zero-order valence-corrected chi connectivity index (χ0v) is 40.1. The fourth-order valence-corrected chi connectivity index (χ4v) is 6.63. The topological polar surface area (TPSA) is 149 Å². The summed E-state index contributed by atoms with van der Waals surface area (Å²) in [5, 5.41) is 8.47. The van der Waals surface area contributed by atoms with E-state index in [2.05, 4.69) is 43.6 Å². The number of hydrogen-bond acceptors (Lipinski definition) is 8. The lowest BCUT2D eigenvalue weighted by molar-refractivity contribution is -0.150. The van der Waals surface area contributed by atoms with Crippen LogP contribution in [0.5, 0.6) is 0 Å². The van der Waals surface area contributed by atoms with Gasteiger partial charge in [-0.25, -0.2) is 0 Å². The normalized spacial score (nSPS) is 11.9. The molecule has 0 spiro atoms. The van der Waals surface area contributed by atoms with Crippen LogP contribution in [0.4, 0.5) is 0 Å². The first-order valence-corrected chi connectivity index (χ1v) is 24.7. The molecule has 0 aliphatic rings. The van der Waals surface area contributed by atoms with Crippen LogP contribution in [0.3, 0.4) is 0 Å². The van der Waals surface area contributed by atoms with Gasteiger partial charge < -0.3 is 31.2 Å². The predicted molar refractivity (Wildman–Crippen MR) is 250 cm³/mol. The lowest BCUT2D eigenvalue weighted by Gasteiger charge is -2.16. The van der Waals surface area contributed by atoms with Crippen LogP contribution in [0.2, 0.25) is 0 Å². The third-order valence-electron chi connectivity index (χ3n) is 10.4. The summed E-state index contributed by atoms with van der Waals surface area (Å²) in [5.41, 5.74) is 5.33. The number of carbonyl (C=O) groups excluding carboxylic acids is 4. The molecule has 10 heteroatoms. The maximum atomic E-state index is 12.8. The van der Waals surface area contributed by atoms with Gasteiger partial charge in [0.1, 0.15) is 0 Å². The number of hydrogen-bond donors (Lipinski definition) is 4. The molecule has 0 aromatic rings. The molecule has 350 valence electrons. The van der Waals surface area contributed by atoms with Gasteiger partial charge in [-0.1, -0.05) is 170 Å². The third-order valence-corrected chi connectivity index (χ3v) is 10.4. The molecule has 0 aliphatic carbocycles. The van der Waals surface area contributed by atoms with E-state index in [1.165, 1.54) is 64.2 Å². The predicted octanol–water partition coefficient (Wildman–Crippen LogP) is 12.0. The Hall–Kier alpha value is -2.78. The molecular formula is C49H98N4O6. The molecule has 2 unspecified atom stereocenters. The zero-order chi connectivity index (χ0) is 44.6. The fraction of sp³-hybridized carbons (Fsp3) is 0.878. The van der Waals surface area contributed by atoms with Crippen LogP contribution in [0.1, 0.15) is 235 Å². The molecule has 0 heterocycles. The molecule has 0 fully saturated rings. The van der Waals surface area contributed by atoms with Gasteiger partial charge in [0, 0.05) is 19.5 Å². The Morgan fingerprint density at radius 2 is 0.898 bits per heavy atom. The number of nitrogens with one attached hydrogen (secondary N) is 3. The number of nitrogens with two attached hydrogens (primary N) is 1. The van der Waals surface area contributed by atoms with E-state index < -0.39 is 0 Å². The summed E-state index contributed by atoms with van der Waals surface area (Å²) < 4.78 is 11.2.